The van der Waals surface area contributed by atoms with E-state index < -0.39 is 121 Å². The lowest BCUT2D eigenvalue weighted by atomic mass is 9.90. The molecule has 18 nitrogen and oxygen atoms in total. The van der Waals surface area contributed by atoms with Gasteiger partial charge in [-0.25, -0.2) is 0 Å². The maximum atomic E-state index is 14.4. The number of carbonyl (C=O) groups is 6. The van der Waals surface area contributed by atoms with E-state index in [0.717, 1.165) is 0 Å². The number of benzene rings is 4. The van der Waals surface area contributed by atoms with Crippen LogP contribution in [0.3, 0.4) is 0 Å². The van der Waals surface area contributed by atoms with Crippen LogP contribution in [0, 0.1) is 11.8 Å². The average Bonchev–Trinajstić information content (AvgIpc) is 3.36. The molecule has 0 spiro atoms. The molecular formula is C52H72Cl2N8O10. The number of nitrogens with two attached hydrogens (primary N) is 2. The van der Waals surface area contributed by atoms with Gasteiger partial charge in [0.05, 0.1) is 25.3 Å². The molecule has 394 valence electrons. The van der Waals surface area contributed by atoms with Crippen molar-refractivity contribution in [2.75, 3.05) is 13.2 Å². The second-order valence-electron chi connectivity index (χ2n) is 18.1. The Balaban J connectivity index is 0.00000888. The Kier molecular flexibility index (Phi) is 27.2. The largest absolute Gasteiger partial charge is 0.394 e. The van der Waals surface area contributed by atoms with Crippen molar-refractivity contribution >= 4 is 60.3 Å². The SMILES string of the molecule is CC(C)[C@H](NC(=O)[C@H](Cc1ccccc1)NC(=O)[C@@H](N)CO)C(=O)N[C@@H](Cc1ccccc1)[C@H](O)[C@H](O)[C@H](Cc1ccccc1)NC(=O)[C@@H](NC(=O)[C@H](Cc1ccccc1)NC(=O)[C@@H](N)CO)C(C)C.Cl.Cl. The van der Waals surface area contributed by atoms with Gasteiger partial charge in [-0.3, -0.25) is 28.8 Å². The van der Waals surface area contributed by atoms with Crippen LogP contribution in [-0.4, -0.2) is 130 Å². The lowest BCUT2D eigenvalue weighted by Crippen LogP contribution is -2.63. The quantitative estimate of drug-likeness (QED) is 0.0386. The van der Waals surface area contributed by atoms with Crippen LogP contribution in [-0.2, 0) is 54.5 Å². The highest BCUT2D eigenvalue weighted by atomic mass is 35.5. The summed E-state index contributed by atoms with van der Waals surface area (Å²) >= 11 is 0. The first-order valence-corrected chi connectivity index (χ1v) is 23.5. The molecule has 0 aromatic heterocycles. The van der Waals surface area contributed by atoms with E-state index in [1.54, 1.807) is 149 Å². The van der Waals surface area contributed by atoms with Gasteiger partial charge in [0.2, 0.25) is 35.4 Å². The van der Waals surface area contributed by atoms with Gasteiger partial charge >= 0.3 is 0 Å². The second-order valence-corrected chi connectivity index (χ2v) is 18.1. The summed E-state index contributed by atoms with van der Waals surface area (Å²) in [4.78, 5) is 82.4. The molecule has 0 aliphatic carbocycles. The van der Waals surface area contributed by atoms with E-state index >= 15 is 0 Å². The van der Waals surface area contributed by atoms with Crippen LogP contribution < -0.4 is 43.4 Å². The number of hydrogen-bond donors (Lipinski definition) is 12. The van der Waals surface area contributed by atoms with Crippen LogP contribution in [0.5, 0.6) is 0 Å². The first-order valence-electron chi connectivity index (χ1n) is 23.5. The van der Waals surface area contributed by atoms with Gasteiger partial charge in [-0.15, -0.1) is 24.8 Å². The van der Waals surface area contributed by atoms with Gasteiger partial charge in [-0.05, 0) is 46.9 Å². The van der Waals surface area contributed by atoms with E-state index in [-0.39, 0.29) is 50.5 Å². The van der Waals surface area contributed by atoms with Gasteiger partial charge in [-0.1, -0.05) is 149 Å². The summed E-state index contributed by atoms with van der Waals surface area (Å²) in [5.41, 5.74) is 14.3. The first kappa shape index (κ1) is 62.2. The van der Waals surface area contributed by atoms with E-state index in [1.165, 1.54) is 0 Å². The van der Waals surface area contributed by atoms with Crippen LogP contribution in [0.2, 0.25) is 0 Å². The molecule has 6 amide bonds. The number of nitrogens with one attached hydrogen (secondary N) is 6. The fraction of sp³-hybridized carbons (Fsp3) is 0.423. The monoisotopic (exact) mass is 1040 g/mol. The summed E-state index contributed by atoms with van der Waals surface area (Å²) in [5.74, 6) is -5.46. The Morgan fingerprint density at radius 1 is 0.403 bits per heavy atom. The molecule has 4 aromatic rings. The normalized spacial score (nSPS) is 15.2. The molecule has 0 saturated heterocycles. The number of carbonyl (C=O) groups excluding carboxylic acids is 6. The van der Waals surface area contributed by atoms with Crippen LogP contribution in [0.1, 0.15) is 49.9 Å². The smallest absolute Gasteiger partial charge is 0.243 e. The lowest BCUT2D eigenvalue weighted by Gasteiger charge is -2.35. The molecule has 0 bridgehead atoms. The molecule has 4 aromatic carbocycles. The van der Waals surface area contributed by atoms with Gasteiger partial charge in [0, 0.05) is 12.8 Å². The minimum atomic E-state index is -1.75. The molecule has 0 heterocycles. The van der Waals surface area contributed by atoms with Crippen LogP contribution >= 0.6 is 24.8 Å². The number of rotatable bonds is 27. The van der Waals surface area contributed by atoms with Crippen molar-refractivity contribution in [2.45, 2.75) is 114 Å². The minimum absolute atomic E-state index is 0. The molecular weight excluding hydrogens is 968 g/mol. The standard InChI is InChI=1S/C52H70N8O10.2ClH/c1-31(2)43(59-49(67)41(57-47(65)37(53)29-61)27-35-21-13-7-14-22-35)51(69)55-39(25-33-17-9-5-10-18-33)45(63)46(64)40(26-34-19-11-6-12-20-34)56-52(70)44(32(3)4)60-50(68)42(58-48(66)38(54)30-62)28-36-23-15-8-16-24-36;;/h5-24,31-32,37-46,61-64H,25-30,53-54H2,1-4H3,(H,55,69)(H,56,70)(H,57,65)(H,58,66)(H,59,67)(H,60,68);2*1H/t37-,38-,39-,40-,41-,42-,43-,44-,45-,46+;;/m0../s1. The van der Waals surface area contributed by atoms with Gasteiger partial charge in [-0.2, -0.15) is 0 Å². The van der Waals surface area contributed by atoms with Gasteiger partial charge in [0.25, 0.3) is 0 Å². The first-order chi connectivity index (χ1) is 33.4. The summed E-state index contributed by atoms with van der Waals surface area (Å²) in [6.45, 7) is 5.47. The van der Waals surface area contributed by atoms with Crippen molar-refractivity contribution in [2.24, 2.45) is 23.3 Å². The highest BCUT2D eigenvalue weighted by molar-refractivity contribution is 5.94. The molecule has 0 aliphatic rings. The molecule has 14 N–H and O–H groups in total. The van der Waals surface area contributed by atoms with E-state index in [1.807, 2.05) is 0 Å². The zero-order valence-electron chi connectivity index (χ0n) is 40.9. The molecule has 0 saturated carbocycles. The summed E-state index contributed by atoms with van der Waals surface area (Å²) in [6.07, 6.45) is -3.43. The highest BCUT2D eigenvalue weighted by Crippen LogP contribution is 2.18. The molecule has 4 rings (SSSR count). The Morgan fingerprint density at radius 2 is 0.667 bits per heavy atom. The summed E-state index contributed by atoms with van der Waals surface area (Å²) in [5, 5.41) is 59.8. The number of aliphatic hydroxyl groups excluding tert-OH is 4. The Hall–Kier alpha value is -5.96. The molecule has 0 unspecified atom stereocenters. The highest BCUT2D eigenvalue weighted by Gasteiger charge is 2.39. The van der Waals surface area contributed by atoms with E-state index in [0.29, 0.717) is 22.3 Å². The molecule has 0 fully saturated rings. The molecule has 20 heteroatoms. The third kappa shape index (κ3) is 19.6. The van der Waals surface area contributed by atoms with E-state index in [2.05, 4.69) is 31.9 Å². The third-order valence-corrected chi connectivity index (χ3v) is 11.8. The summed E-state index contributed by atoms with van der Waals surface area (Å²) in [7, 11) is 0. The maximum Gasteiger partial charge on any atom is 0.243 e. The maximum absolute atomic E-state index is 14.4. The van der Waals surface area contributed by atoms with Gasteiger partial charge < -0.3 is 63.8 Å². The lowest BCUT2D eigenvalue weighted by molar-refractivity contribution is -0.135. The third-order valence-electron chi connectivity index (χ3n) is 11.8. The van der Waals surface area contributed by atoms with Gasteiger partial charge in [0.1, 0.15) is 48.5 Å². The summed E-state index contributed by atoms with van der Waals surface area (Å²) < 4.78 is 0. The topological polar surface area (TPSA) is 308 Å². The molecule has 72 heavy (non-hydrogen) atoms. The minimum Gasteiger partial charge on any atom is -0.394 e. The van der Waals surface area contributed by atoms with Crippen LogP contribution in [0.25, 0.3) is 0 Å². The fourth-order valence-electron chi connectivity index (χ4n) is 7.69. The van der Waals surface area contributed by atoms with E-state index in [9.17, 15) is 49.2 Å². The van der Waals surface area contributed by atoms with Crippen molar-refractivity contribution in [3.8, 4) is 0 Å². The average molecular weight is 1040 g/mol. The van der Waals surface area contributed by atoms with Crippen LogP contribution in [0.4, 0.5) is 0 Å². The van der Waals surface area contributed by atoms with Gasteiger partial charge in [0.15, 0.2) is 0 Å². The zero-order chi connectivity index (χ0) is 51.3. The Morgan fingerprint density at radius 3 is 0.917 bits per heavy atom. The fourth-order valence-corrected chi connectivity index (χ4v) is 7.69. The number of aliphatic hydroxyl groups is 4. The van der Waals surface area contributed by atoms with Crippen molar-refractivity contribution < 1.29 is 49.2 Å². The van der Waals surface area contributed by atoms with Crippen LogP contribution in [0.15, 0.2) is 121 Å². The molecule has 10 atom stereocenters. The zero-order valence-corrected chi connectivity index (χ0v) is 42.6. The number of amides is 6. The Bertz CT molecular complexity index is 2110. The molecule has 0 aliphatic heterocycles. The van der Waals surface area contributed by atoms with E-state index in [4.69, 9.17) is 11.5 Å². The number of hydrogen-bond acceptors (Lipinski definition) is 12. The van der Waals surface area contributed by atoms with Crippen molar-refractivity contribution in [1.82, 2.24) is 31.9 Å². The summed E-state index contributed by atoms with van der Waals surface area (Å²) in [6, 6.07) is 25.6. The predicted molar refractivity (Wildman–Crippen MR) is 278 cm³/mol. The predicted octanol–water partition coefficient (Wildman–Crippen LogP) is 0.383. The second kappa shape index (κ2) is 31.5. The number of halogens is 2. The van der Waals surface area contributed by atoms with Crippen molar-refractivity contribution in [3.63, 3.8) is 0 Å². The van der Waals surface area contributed by atoms with Crippen molar-refractivity contribution in [1.29, 1.82) is 0 Å². The van der Waals surface area contributed by atoms with Crippen molar-refractivity contribution in [3.05, 3.63) is 144 Å². The molecule has 0 radical (unpaired) electrons. The Labute approximate surface area is 433 Å².